The van der Waals surface area contributed by atoms with E-state index in [9.17, 15) is 8.42 Å². The zero-order chi connectivity index (χ0) is 6.91. The van der Waals surface area contributed by atoms with Crippen LogP contribution in [0, 0.1) is 0 Å². The largest absolute Gasteiger partial charge is 0.215 e. The van der Waals surface area contributed by atoms with Crippen LogP contribution in [-0.2, 0) is 10.0 Å². The fourth-order valence-corrected chi connectivity index (χ4v) is 2.07. The molecule has 0 atom stereocenters. The van der Waals surface area contributed by atoms with Crippen LogP contribution in [0.3, 0.4) is 0 Å². The van der Waals surface area contributed by atoms with Gasteiger partial charge in [-0.3, -0.25) is 0 Å². The van der Waals surface area contributed by atoms with Crippen molar-refractivity contribution in [3.8, 4) is 0 Å². The van der Waals surface area contributed by atoms with Gasteiger partial charge in [-0.15, -0.1) is 0 Å². The molecule has 0 radical (unpaired) electrons. The molecule has 1 rings (SSSR count). The van der Waals surface area contributed by atoms with Gasteiger partial charge in [0.25, 0.3) is 0 Å². The van der Waals surface area contributed by atoms with Crippen molar-refractivity contribution in [2.75, 3.05) is 18.8 Å². The summed E-state index contributed by atoms with van der Waals surface area (Å²) in [5.74, 6) is 0.354. The van der Waals surface area contributed by atoms with Crippen molar-refractivity contribution in [3.63, 3.8) is 0 Å². The van der Waals surface area contributed by atoms with E-state index in [0.717, 1.165) is 13.0 Å². The van der Waals surface area contributed by atoms with Gasteiger partial charge < -0.3 is 0 Å². The third-order valence-electron chi connectivity index (χ3n) is 1.47. The van der Waals surface area contributed by atoms with Gasteiger partial charge in [-0.25, -0.2) is 12.7 Å². The van der Waals surface area contributed by atoms with E-state index >= 15 is 0 Å². The normalized spacial score (nSPS) is 25.4. The quantitative estimate of drug-likeness (QED) is 0.556. The Bertz CT molecular complexity index is 185. The van der Waals surface area contributed by atoms with Crippen LogP contribution < -0.4 is 0 Å². The third kappa shape index (κ3) is 1.24. The van der Waals surface area contributed by atoms with Crippen LogP contribution in [0.1, 0.15) is 13.3 Å². The number of rotatable bonds is 2. The van der Waals surface area contributed by atoms with Gasteiger partial charge >= 0.3 is 0 Å². The molecule has 9 heavy (non-hydrogen) atoms. The molecular weight excluding hydrogens is 138 g/mol. The maximum atomic E-state index is 10.7. The molecule has 0 aromatic heterocycles. The minimum absolute atomic E-state index is 0.354. The second kappa shape index (κ2) is 2.27. The molecule has 0 unspecified atom stereocenters. The Kier molecular flexibility index (Phi) is 1.77. The molecule has 0 aromatic carbocycles. The van der Waals surface area contributed by atoms with Crippen LogP contribution in [0.2, 0.25) is 0 Å². The summed E-state index contributed by atoms with van der Waals surface area (Å²) < 4.78 is 23.0. The highest BCUT2D eigenvalue weighted by Crippen LogP contribution is 2.12. The fraction of sp³-hybridized carbons (Fsp3) is 1.00. The van der Waals surface area contributed by atoms with Crippen molar-refractivity contribution in [1.82, 2.24) is 4.31 Å². The van der Waals surface area contributed by atoms with E-state index < -0.39 is 10.0 Å². The van der Waals surface area contributed by atoms with Crippen molar-refractivity contribution < 1.29 is 8.42 Å². The smallest absolute Gasteiger partial charge is 0.212 e. The monoisotopic (exact) mass is 149 g/mol. The summed E-state index contributed by atoms with van der Waals surface area (Å²) in [6, 6.07) is 0. The Morgan fingerprint density at radius 1 is 1.56 bits per heavy atom. The molecule has 1 fully saturated rings. The molecule has 0 saturated carbocycles. The lowest BCUT2D eigenvalue weighted by Crippen LogP contribution is -2.47. The predicted octanol–water partition coefficient (Wildman–Crippen LogP) is 0.0418. The van der Waals surface area contributed by atoms with Crippen LogP contribution in [0.25, 0.3) is 0 Å². The van der Waals surface area contributed by atoms with Gasteiger partial charge in [0, 0.05) is 13.1 Å². The second-order valence-electron chi connectivity index (χ2n) is 2.22. The molecule has 0 amide bonds. The molecule has 1 saturated heterocycles. The summed E-state index contributed by atoms with van der Waals surface area (Å²) in [7, 11) is -2.75. The molecule has 0 spiro atoms. The van der Waals surface area contributed by atoms with E-state index in [4.69, 9.17) is 0 Å². The molecule has 4 heteroatoms. The summed E-state index contributed by atoms with van der Waals surface area (Å²) in [6.45, 7) is 3.41. The lowest BCUT2D eigenvalue weighted by atomic mass is 10.5. The van der Waals surface area contributed by atoms with Gasteiger partial charge in [0.2, 0.25) is 10.0 Å². The summed E-state index contributed by atoms with van der Waals surface area (Å²) in [6.07, 6.45) is 0.916. The van der Waals surface area contributed by atoms with E-state index in [2.05, 4.69) is 0 Å². The molecule has 3 nitrogen and oxygen atoms in total. The van der Waals surface area contributed by atoms with Crippen molar-refractivity contribution in [2.45, 2.75) is 13.3 Å². The number of hydrogen-bond donors (Lipinski definition) is 0. The molecule has 1 aliphatic heterocycles. The van der Waals surface area contributed by atoms with Crippen molar-refractivity contribution in [2.24, 2.45) is 0 Å². The van der Waals surface area contributed by atoms with E-state index in [0.29, 0.717) is 12.3 Å². The minimum Gasteiger partial charge on any atom is -0.212 e. The first kappa shape index (κ1) is 7.02. The predicted molar refractivity (Wildman–Crippen MR) is 35.7 cm³/mol. The fourth-order valence-electron chi connectivity index (χ4n) is 0.870. The molecule has 1 aliphatic rings. The first-order valence-corrected chi connectivity index (χ1v) is 4.75. The third-order valence-corrected chi connectivity index (χ3v) is 3.32. The lowest BCUT2D eigenvalue weighted by Gasteiger charge is -2.29. The van der Waals surface area contributed by atoms with Crippen LogP contribution >= 0.6 is 0 Å². The molecule has 54 valence electrons. The number of hydrogen-bond acceptors (Lipinski definition) is 2. The average molecular weight is 149 g/mol. The maximum Gasteiger partial charge on any atom is 0.215 e. The van der Waals surface area contributed by atoms with Crippen LogP contribution in [0.4, 0.5) is 0 Å². The van der Waals surface area contributed by atoms with Crippen molar-refractivity contribution in [1.29, 1.82) is 0 Å². The van der Waals surface area contributed by atoms with Gasteiger partial charge in [-0.05, 0) is 6.42 Å². The highest BCUT2D eigenvalue weighted by atomic mass is 32.2. The highest BCUT2D eigenvalue weighted by Gasteiger charge is 2.30. The first-order chi connectivity index (χ1) is 4.17. The molecule has 1 heterocycles. The van der Waals surface area contributed by atoms with Gasteiger partial charge in [0.05, 0.1) is 5.75 Å². The highest BCUT2D eigenvalue weighted by molar-refractivity contribution is 7.90. The zero-order valence-corrected chi connectivity index (χ0v) is 6.32. The van der Waals surface area contributed by atoms with E-state index in [1.54, 1.807) is 0 Å². The van der Waals surface area contributed by atoms with Crippen LogP contribution in [0.15, 0.2) is 0 Å². The summed E-state index contributed by atoms with van der Waals surface area (Å²) in [5.41, 5.74) is 0. The Morgan fingerprint density at radius 3 is 2.33 bits per heavy atom. The van der Waals surface area contributed by atoms with Crippen LogP contribution in [-0.4, -0.2) is 31.6 Å². The summed E-state index contributed by atoms with van der Waals surface area (Å²) in [5, 5.41) is 0. The maximum absolute atomic E-state index is 10.7. The van der Waals surface area contributed by atoms with Crippen LogP contribution in [0.5, 0.6) is 0 Å². The number of sulfonamides is 1. The van der Waals surface area contributed by atoms with Gasteiger partial charge in [-0.1, -0.05) is 6.92 Å². The molecule has 0 aromatic rings. The number of nitrogens with zero attached hydrogens (tertiary/aromatic N) is 1. The Balaban J connectivity index is 2.47. The van der Waals surface area contributed by atoms with Crippen molar-refractivity contribution in [3.05, 3.63) is 0 Å². The Morgan fingerprint density at radius 2 is 2.22 bits per heavy atom. The minimum atomic E-state index is -2.75. The molecule has 0 bridgehead atoms. The first-order valence-electron chi connectivity index (χ1n) is 3.14. The summed E-state index contributed by atoms with van der Waals surface area (Å²) >= 11 is 0. The topological polar surface area (TPSA) is 37.4 Å². The zero-order valence-electron chi connectivity index (χ0n) is 5.50. The van der Waals surface area contributed by atoms with Gasteiger partial charge in [-0.2, -0.15) is 0 Å². The average Bonchev–Trinajstić information content (AvgIpc) is 1.81. The standard InChI is InChI=1S/C5H11NO2S/c1-2-3-6-4-5-9(6,7)8/h2-5H2,1H3. The van der Waals surface area contributed by atoms with E-state index in [1.807, 2.05) is 6.92 Å². The molecule has 0 N–H and O–H groups in total. The van der Waals surface area contributed by atoms with Gasteiger partial charge in [0.15, 0.2) is 0 Å². The SMILES string of the molecule is CCCN1CCS1(=O)=O. The second-order valence-corrected chi connectivity index (χ2v) is 4.30. The lowest BCUT2D eigenvalue weighted by molar-refractivity contribution is 0.384. The molecule has 0 aliphatic carbocycles. The van der Waals surface area contributed by atoms with Gasteiger partial charge in [0.1, 0.15) is 0 Å². The molecular formula is C5H11NO2S. The Hall–Kier alpha value is -0.0900. The van der Waals surface area contributed by atoms with E-state index in [-0.39, 0.29) is 0 Å². The Labute approximate surface area is 55.7 Å². The van der Waals surface area contributed by atoms with E-state index in [1.165, 1.54) is 4.31 Å². The summed E-state index contributed by atoms with van der Waals surface area (Å²) in [4.78, 5) is 0. The van der Waals surface area contributed by atoms with Crippen molar-refractivity contribution >= 4 is 10.0 Å².